The van der Waals surface area contributed by atoms with Gasteiger partial charge in [0.2, 0.25) is 0 Å². The molecule has 0 radical (unpaired) electrons. The quantitative estimate of drug-likeness (QED) is 0.745. The van der Waals surface area contributed by atoms with Gasteiger partial charge in [-0.1, -0.05) is 42.5 Å². The van der Waals surface area contributed by atoms with E-state index in [2.05, 4.69) is 66.8 Å². The number of morpholine rings is 1. The van der Waals surface area contributed by atoms with Crippen LogP contribution < -0.4 is 5.32 Å². The Labute approximate surface area is 165 Å². The molecule has 1 aromatic heterocycles. The lowest BCUT2D eigenvalue weighted by Gasteiger charge is -2.23. The van der Waals surface area contributed by atoms with Crippen LogP contribution in [0.5, 0.6) is 0 Å². The normalized spacial score (nSPS) is 20.8. The van der Waals surface area contributed by atoms with E-state index in [9.17, 15) is 0 Å². The van der Waals surface area contributed by atoms with Crippen molar-refractivity contribution in [2.45, 2.75) is 37.7 Å². The first-order valence-corrected chi connectivity index (χ1v) is 10.2. The average Bonchev–Trinajstić information content (AvgIpc) is 3.44. The van der Waals surface area contributed by atoms with E-state index in [1.54, 1.807) is 0 Å². The summed E-state index contributed by atoms with van der Waals surface area (Å²) in [6, 6.07) is 19.2. The summed E-state index contributed by atoms with van der Waals surface area (Å²) in [5.41, 5.74) is 3.58. The third-order valence-electron chi connectivity index (χ3n) is 5.84. The van der Waals surface area contributed by atoms with Gasteiger partial charge >= 0.3 is 0 Å². The molecule has 0 unspecified atom stereocenters. The number of aromatic nitrogens is 3. The van der Waals surface area contributed by atoms with Gasteiger partial charge in [-0.3, -0.25) is 0 Å². The Morgan fingerprint density at radius 2 is 2.00 bits per heavy atom. The van der Waals surface area contributed by atoms with Crippen molar-refractivity contribution in [3.05, 3.63) is 77.4 Å². The Hall–Kier alpha value is -2.50. The summed E-state index contributed by atoms with van der Waals surface area (Å²) in [5.74, 6) is 1.93. The Morgan fingerprint density at radius 1 is 1.14 bits per heavy atom. The first kappa shape index (κ1) is 17.6. The van der Waals surface area contributed by atoms with Crippen LogP contribution in [0.15, 0.2) is 54.6 Å². The number of hydrogen-bond donors (Lipinski definition) is 1. The third kappa shape index (κ3) is 3.25. The Morgan fingerprint density at radius 3 is 2.71 bits per heavy atom. The molecular formula is C23H26N4O. The van der Waals surface area contributed by atoms with Crippen LogP contribution in [0, 0.1) is 6.92 Å². The Kier molecular flexibility index (Phi) is 4.49. The fourth-order valence-electron chi connectivity index (χ4n) is 4.12. The van der Waals surface area contributed by atoms with Crippen LogP contribution in [-0.2, 0) is 16.6 Å². The van der Waals surface area contributed by atoms with Crippen LogP contribution in [0.25, 0.3) is 5.69 Å². The minimum Gasteiger partial charge on any atom is -0.375 e. The largest absolute Gasteiger partial charge is 0.375 e. The topological polar surface area (TPSA) is 52.0 Å². The molecule has 1 aliphatic carbocycles. The summed E-state index contributed by atoms with van der Waals surface area (Å²) in [7, 11) is 0. The van der Waals surface area contributed by atoms with Crippen molar-refractivity contribution in [2.24, 2.45) is 0 Å². The predicted molar refractivity (Wildman–Crippen MR) is 109 cm³/mol. The lowest BCUT2D eigenvalue weighted by molar-refractivity contribution is 0.0277. The van der Waals surface area contributed by atoms with Crippen LogP contribution in [-0.4, -0.2) is 40.6 Å². The van der Waals surface area contributed by atoms with Crippen molar-refractivity contribution in [3.63, 3.8) is 0 Å². The number of aryl methyl sites for hydroxylation is 1. The second-order valence-corrected chi connectivity index (χ2v) is 7.95. The molecule has 0 amide bonds. The summed E-state index contributed by atoms with van der Waals surface area (Å²) in [6.45, 7) is 4.65. The van der Waals surface area contributed by atoms with Gasteiger partial charge < -0.3 is 10.1 Å². The molecule has 5 nitrogen and oxygen atoms in total. The molecule has 28 heavy (non-hydrogen) atoms. The van der Waals surface area contributed by atoms with Crippen molar-refractivity contribution in [1.29, 1.82) is 0 Å². The highest BCUT2D eigenvalue weighted by atomic mass is 16.5. The fraction of sp³-hybridized carbons (Fsp3) is 0.391. The van der Waals surface area contributed by atoms with Crippen molar-refractivity contribution < 1.29 is 4.74 Å². The predicted octanol–water partition coefficient (Wildman–Crippen LogP) is 3.19. The zero-order valence-corrected chi connectivity index (χ0v) is 16.3. The maximum Gasteiger partial charge on any atom is 0.161 e. The SMILES string of the molecule is Cc1cccc(-n2nc(C3(c4ccccc4)CC3)nc2C[C@@H]2CNCCO2)c1. The highest BCUT2D eigenvalue weighted by Gasteiger charge is 2.49. The van der Waals surface area contributed by atoms with Gasteiger partial charge in [-0.05, 0) is 43.0 Å². The molecule has 2 aromatic carbocycles. The third-order valence-corrected chi connectivity index (χ3v) is 5.84. The highest BCUT2D eigenvalue weighted by Crippen LogP contribution is 2.52. The molecule has 1 N–H and O–H groups in total. The molecule has 0 spiro atoms. The second kappa shape index (κ2) is 7.15. The summed E-state index contributed by atoms with van der Waals surface area (Å²) in [4.78, 5) is 5.06. The van der Waals surface area contributed by atoms with E-state index in [1.807, 2.05) is 4.68 Å². The first-order chi connectivity index (χ1) is 13.7. The van der Waals surface area contributed by atoms with Crippen molar-refractivity contribution >= 4 is 0 Å². The van der Waals surface area contributed by atoms with Crippen molar-refractivity contribution in [1.82, 2.24) is 20.1 Å². The van der Waals surface area contributed by atoms with E-state index in [-0.39, 0.29) is 11.5 Å². The molecule has 1 aliphatic heterocycles. The number of rotatable bonds is 5. The molecule has 5 heteroatoms. The zero-order valence-electron chi connectivity index (χ0n) is 16.3. The summed E-state index contributed by atoms with van der Waals surface area (Å²) in [6.07, 6.45) is 3.12. The van der Waals surface area contributed by atoms with E-state index in [0.29, 0.717) is 0 Å². The summed E-state index contributed by atoms with van der Waals surface area (Å²) >= 11 is 0. The van der Waals surface area contributed by atoms with Gasteiger partial charge in [-0.15, -0.1) is 0 Å². The van der Waals surface area contributed by atoms with Gasteiger partial charge in [0, 0.05) is 19.5 Å². The minimum absolute atomic E-state index is 0.0310. The van der Waals surface area contributed by atoms with Crippen LogP contribution in [0.1, 0.15) is 35.6 Å². The molecule has 2 heterocycles. The lowest BCUT2D eigenvalue weighted by atomic mass is 9.95. The molecule has 2 fully saturated rings. The van der Waals surface area contributed by atoms with Gasteiger partial charge in [0.1, 0.15) is 5.82 Å². The van der Waals surface area contributed by atoms with Crippen molar-refractivity contribution in [2.75, 3.05) is 19.7 Å². The van der Waals surface area contributed by atoms with E-state index < -0.39 is 0 Å². The molecule has 1 atom stereocenters. The van der Waals surface area contributed by atoms with Crippen LogP contribution in [0.2, 0.25) is 0 Å². The molecule has 0 bridgehead atoms. The Balaban J connectivity index is 1.55. The maximum atomic E-state index is 5.95. The lowest BCUT2D eigenvalue weighted by Crippen LogP contribution is -2.40. The van der Waals surface area contributed by atoms with Gasteiger partial charge in [-0.25, -0.2) is 9.67 Å². The number of nitrogens with one attached hydrogen (secondary N) is 1. The zero-order chi connectivity index (χ0) is 19.0. The number of hydrogen-bond acceptors (Lipinski definition) is 4. The van der Waals surface area contributed by atoms with E-state index in [0.717, 1.165) is 56.3 Å². The van der Waals surface area contributed by atoms with Gasteiger partial charge in [0.15, 0.2) is 5.82 Å². The summed E-state index contributed by atoms with van der Waals surface area (Å²) < 4.78 is 7.98. The van der Waals surface area contributed by atoms with Crippen LogP contribution in [0.4, 0.5) is 0 Å². The smallest absolute Gasteiger partial charge is 0.161 e. The van der Waals surface area contributed by atoms with Crippen LogP contribution >= 0.6 is 0 Å². The standard InChI is InChI=1S/C23H26N4O/c1-17-6-5-9-19(14-17)27-21(15-20-16-24-12-13-28-20)25-22(26-27)23(10-11-23)18-7-3-2-4-8-18/h2-9,14,20,24H,10-13,15-16H2,1H3/t20-/m1/s1. The second-order valence-electron chi connectivity index (χ2n) is 7.95. The highest BCUT2D eigenvalue weighted by molar-refractivity contribution is 5.41. The Bertz CT molecular complexity index is 956. The number of benzene rings is 2. The van der Waals surface area contributed by atoms with Gasteiger partial charge in [-0.2, -0.15) is 5.10 Å². The monoisotopic (exact) mass is 374 g/mol. The van der Waals surface area contributed by atoms with Gasteiger partial charge in [0.05, 0.1) is 23.8 Å². The molecule has 5 rings (SSSR count). The first-order valence-electron chi connectivity index (χ1n) is 10.2. The molecular weight excluding hydrogens is 348 g/mol. The maximum absolute atomic E-state index is 5.95. The molecule has 1 saturated carbocycles. The minimum atomic E-state index is -0.0310. The van der Waals surface area contributed by atoms with E-state index >= 15 is 0 Å². The number of nitrogens with zero attached hydrogens (tertiary/aromatic N) is 3. The van der Waals surface area contributed by atoms with E-state index in [4.69, 9.17) is 14.8 Å². The van der Waals surface area contributed by atoms with Crippen molar-refractivity contribution in [3.8, 4) is 5.69 Å². The van der Waals surface area contributed by atoms with Crippen LogP contribution in [0.3, 0.4) is 0 Å². The molecule has 144 valence electrons. The fourth-order valence-corrected chi connectivity index (χ4v) is 4.12. The van der Waals surface area contributed by atoms with E-state index in [1.165, 1.54) is 11.1 Å². The molecule has 1 saturated heterocycles. The molecule has 2 aliphatic rings. The number of ether oxygens (including phenoxy) is 1. The molecule has 3 aromatic rings. The van der Waals surface area contributed by atoms with Gasteiger partial charge in [0.25, 0.3) is 0 Å². The average molecular weight is 374 g/mol. The summed E-state index contributed by atoms with van der Waals surface area (Å²) in [5, 5.41) is 8.44.